The summed E-state index contributed by atoms with van der Waals surface area (Å²) in [5, 5.41) is 19.5. The van der Waals surface area contributed by atoms with Gasteiger partial charge in [0.15, 0.2) is 0 Å². The van der Waals surface area contributed by atoms with E-state index in [9.17, 15) is 10.2 Å². The molecule has 1 aromatic carbocycles. The number of hydrogen-bond acceptors (Lipinski definition) is 2. The van der Waals surface area contributed by atoms with Crippen LogP contribution in [0.25, 0.3) is 0 Å². The summed E-state index contributed by atoms with van der Waals surface area (Å²) in [5.74, 6) is 0. The topological polar surface area (TPSA) is 40.5 Å². The minimum Gasteiger partial charge on any atom is -0.390 e. The van der Waals surface area contributed by atoms with Crippen LogP contribution in [0.4, 0.5) is 0 Å². The third kappa shape index (κ3) is 1.35. The van der Waals surface area contributed by atoms with E-state index in [2.05, 4.69) is 0 Å². The van der Waals surface area contributed by atoms with E-state index in [1.807, 2.05) is 37.3 Å². The molecular formula is C12H16O2. The molecule has 0 bridgehead atoms. The van der Waals surface area contributed by atoms with Crippen molar-refractivity contribution in [2.24, 2.45) is 0 Å². The molecule has 1 aliphatic carbocycles. The molecule has 2 nitrogen and oxygen atoms in total. The van der Waals surface area contributed by atoms with Gasteiger partial charge in [-0.15, -0.1) is 0 Å². The zero-order valence-electron chi connectivity index (χ0n) is 8.35. The lowest BCUT2D eigenvalue weighted by molar-refractivity contribution is 0.0127. The second kappa shape index (κ2) is 3.37. The lowest BCUT2D eigenvalue weighted by Gasteiger charge is -2.29. The molecule has 0 unspecified atom stereocenters. The molecule has 1 saturated carbocycles. The fourth-order valence-corrected chi connectivity index (χ4v) is 2.31. The van der Waals surface area contributed by atoms with E-state index >= 15 is 0 Å². The van der Waals surface area contributed by atoms with Crippen molar-refractivity contribution in [2.75, 3.05) is 0 Å². The number of aliphatic hydroxyl groups excluding tert-OH is 2. The lowest BCUT2D eigenvalue weighted by atomic mass is 9.79. The first-order chi connectivity index (χ1) is 6.64. The van der Waals surface area contributed by atoms with Crippen molar-refractivity contribution in [1.29, 1.82) is 0 Å². The molecule has 76 valence electrons. The van der Waals surface area contributed by atoms with Gasteiger partial charge in [-0.25, -0.2) is 0 Å². The molecular weight excluding hydrogens is 176 g/mol. The first-order valence-corrected chi connectivity index (χ1v) is 5.06. The monoisotopic (exact) mass is 192 g/mol. The predicted molar refractivity (Wildman–Crippen MR) is 55.0 cm³/mol. The molecule has 0 amide bonds. The SMILES string of the molecule is C[C@@]1(c2ccccc2)CC[C@@H](O)[C@H]1O. The van der Waals surface area contributed by atoms with Crippen LogP contribution >= 0.6 is 0 Å². The molecule has 2 rings (SSSR count). The predicted octanol–water partition coefficient (Wildman–Crippen LogP) is 1.46. The fourth-order valence-electron chi connectivity index (χ4n) is 2.31. The normalized spacial score (nSPS) is 37.4. The molecule has 2 N–H and O–H groups in total. The summed E-state index contributed by atoms with van der Waals surface area (Å²) in [6, 6.07) is 9.93. The second-order valence-electron chi connectivity index (χ2n) is 4.33. The maximum atomic E-state index is 9.92. The third-order valence-corrected chi connectivity index (χ3v) is 3.41. The average molecular weight is 192 g/mol. The zero-order chi connectivity index (χ0) is 10.2. The van der Waals surface area contributed by atoms with Crippen LogP contribution in [0, 0.1) is 0 Å². The average Bonchev–Trinajstić information content (AvgIpc) is 2.49. The maximum absolute atomic E-state index is 9.92. The Morgan fingerprint density at radius 2 is 1.86 bits per heavy atom. The van der Waals surface area contributed by atoms with Gasteiger partial charge in [0.05, 0.1) is 12.2 Å². The second-order valence-corrected chi connectivity index (χ2v) is 4.33. The summed E-state index contributed by atoms with van der Waals surface area (Å²) < 4.78 is 0. The minimum atomic E-state index is -0.634. The van der Waals surface area contributed by atoms with E-state index in [1.54, 1.807) is 0 Å². The summed E-state index contributed by atoms with van der Waals surface area (Å²) in [6.07, 6.45) is 0.330. The molecule has 0 heterocycles. The van der Waals surface area contributed by atoms with Crippen LogP contribution in [0.1, 0.15) is 25.3 Å². The van der Waals surface area contributed by atoms with Gasteiger partial charge in [-0.2, -0.15) is 0 Å². The maximum Gasteiger partial charge on any atom is 0.0892 e. The van der Waals surface area contributed by atoms with Gasteiger partial charge in [0, 0.05) is 5.41 Å². The summed E-state index contributed by atoms with van der Waals surface area (Å²) in [6.45, 7) is 2.02. The number of hydrogen-bond donors (Lipinski definition) is 2. The lowest BCUT2D eigenvalue weighted by Crippen LogP contribution is -2.36. The fraction of sp³-hybridized carbons (Fsp3) is 0.500. The van der Waals surface area contributed by atoms with Gasteiger partial charge >= 0.3 is 0 Å². The van der Waals surface area contributed by atoms with Crippen molar-refractivity contribution in [3.63, 3.8) is 0 Å². The number of benzene rings is 1. The van der Waals surface area contributed by atoms with Crippen LogP contribution in [0.2, 0.25) is 0 Å². The first kappa shape index (κ1) is 9.69. The summed E-state index contributed by atoms with van der Waals surface area (Å²) in [4.78, 5) is 0. The molecule has 1 aliphatic rings. The smallest absolute Gasteiger partial charge is 0.0892 e. The first-order valence-electron chi connectivity index (χ1n) is 5.06. The third-order valence-electron chi connectivity index (χ3n) is 3.41. The van der Waals surface area contributed by atoms with Crippen LogP contribution in [-0.4, -0.2) is 22.4 Å². The van der Waals surface area contributed by atoms with E-state index in [0.29, 0.717) is 6.42 Å². The van der Waals surface area contributed by atoms with Gasteiger partial charge in [-0.1, -0.05) is 37.3 Å². The standard InChI is InChI=1S/C12H16O2/c1-12(8-7-10(13)11(12)14)9-5-3-2-4-6-9/h2-6,10-11,13-14H,7-8H2,1H3/t10-,11-,12+/m1/s1. The van der Waals surface area contributed by atoms with Gasteiger partial charge in [-0.05, 0) is 18.4 Å². The Balaban J connectivity index is 2.34. The van der Waals surface area contributed by atoms with Crippen LogP contribution in [-0.2, 0) is 5.41 Å². The molecule has 2 heteroatoms. The van der Waals surface area contributed by atoms with Crippen molar-refractivity contribution < 1.29 is 10.2 Å². The highest BCUT2D eigenvalue weighted by Gasteiger charge is 2.44. The molecule has 0 aromatic heterocycles. The number of rotatable bonds is 1. The molecule has 3 atom stereocenters. The summed E-state index contributed by atoms with van der Waals surface area (Å²) >= 11 is 0. The quantitative estimate of drug-likeness (QED) is 0.707. The Labute approximate surface area is 84.2 Å². The molecule has 14 heavy (non-hydrogen) atoms. The Morgan fingerprint density at radius 3 is 2.36 bits per heavy atom. The molecule has 0 radical (unpaired) electrons. The molecule has 0 aliphatic heterocycles. The molecule has 1 aromatic rings. The largest absolute Gasteiger partial charge is 0.390 e. The van der Waals surface area contributed by atoms with Crippen LogP contribution in [0.15, 0.2) is 30.3 Å². The van der Waals surface area contributed by atoms with Crippen LogP contribution in [0.3, 0.4) is 0 Å². The van der Waals surface area contributed by atoms with Crippen molar-refractivity contribution in [3.05, 3.63) is 35.9 Å². The number of aliphatic hydroxyl groups is 2. The van der Waals surface area contributed by atoms with Gasteiger partial charge in [0.1, 0.15) is 0 Å². The highest BCUT2D eigenvalue weighted by atomic mass is 16.3. The zero-order valence-corrected chi connectivity index (χ0v) is 8.35. The minimum absolute atomic E-state index is 0.277. The highest BCUT2D eigenvalue weighted by molar-refractivity contribution is 5.28. The van der Waals surface area contributed by atoms with E-state index in [-0.39, 0.29) is 5.41 Å². The molecule has 0 saturated heterocycles. The van der Waals surface area contributed by atoms with Gasteiger partial charge in [-0.3, -0.25) is 0 Å². The van der Waals surface area contributed by atoms with E-state index in [4.69, 9.17) is 0 Å². The van der Waals surface area contributed by atoms with Crippen molar-refractivity contribution in [1.82, 2.24) is 0 Å². The van der Waals surface area contributed by atoms with E-state index in [1.165, 1.54) is 0 Å². The van der Waals surface area contributed by atoms with Crippen LogP contribution in [0.5, 0.6) is 0 Å². The van der Waals surface area contributed by atoms with Crippen molar-refractivity contribution in [3.8, 4) is 0 Å². The summed E-state index contributed by atoms with van der Waals surface area (Å²) in [7, 11) is 0. The van der Waals surface area contributed by atoms with E-state index < -0.39 is 12.2 Å². The van der Waals surface area contributed by atoms with Crippen molar-refractivity contribution >= 4 is 0 Å². The van der Waals surface area contributed by atoms with Crippen molar-refractivity contribution in [2.45, 2.75) is 37.4 Å². The summed E-state index contributed by atoms with van der Waals surface area (Å²) in [5.41, 5.74) is 0.838. The van der Waals surface area contributed by atoms with Gasteiger partial charge < -0.3 is 10.2 Å². The van der Waals surface area contributed by atoms with E-state index in [0.717, 1.165) is 12.0 Å². The Morgan fingerprint density at radius 1 is 1.21 bits per heavy atom. The highest BCUT2D eigenvalue weighted by Crippen LogP contribution is 2.40. The Kier molecular flexibility index (Phi) is 2.33. The molecule has 1 fully saturated rings. The van der Waals surface area contributed by atoms with Gasteiger partial charge in [0.2, 0.25) is 0 Å². The van der Waals surface area contributed by atoms with Crippen LogP contribution < -0.4 is 0 Å². The molecule has 0 spiro atoms. The van der Waals surface area contributed by atoms with Gasteiger partial charge in [0.25, 0.3) is 0 Å². The Bertz CT molecular complexity index is 309. The Hall–Kier alpha value is -0.860.